The van der Waals surface area contributed by atoms with E-state index in [1.807, 2.05) is 6.07 Å². The lowest BCUT2D eigenvalue weighted by Gasteiger charge is -2.32. The molecule has 0 aliphatic heterocycles. The summed E-state index contributed by atoms with van der Waals surface area (Å²) in [6.45, 7) is 0. The number of oxazole rings is 1. The van der Waals surface area contributed by atoms with Crippen molar-refractivity contribution in [1.82, 2.24) is 15.6 Å². The maximum Gasteiger partial charge on any atom is 0.311 e. The number of aliphatic hydroxyl groups is 2. The Kier molecular flexibility index (Phi) is 9.78. The fourth-order valence-electron chi connectivity index (χ4n) is 3.70. The molecule has 1 aromatic heterocycles. The molecule has 1 heterocycles. The first kappa shape index (κ1) is 29.3. The fourth-order valence-corrected chi connectivity index (χ4v) is 4.06. The molecule has 0 fully saturated rings. The molecular weight excluding hydrogens is 526 g/mol. The zero-order chi connectivity index (χ0) is 28.6. The minimum atomic E-state index is -3.69. The van der Waals surface area contributed by atoms with E-state index in [0.29, 0.717) is 5.56 Å². The third-order valence-corrected chi connectivity index (χ3v) is 7.10. The number of hydrogen-bond acceptors (Lipinski definition) is 9. The van der Waals surface area contributed by atoms with Gasteiger partial charge in [-0.25, -0.2) is 12.7 Å². The molecule has 2 amide bonds. The molecule has 0 aliphatic carbocycles. The zero-order valence-corrected chi connectivity index (χ0v) is 22.1. The quantitative estimate of drug-likeness (QED) is 0.251. The van der Waals surface area contributed by atoms with E-state index >= 15 is 0 Å². The highest BCUT2D eigenvalue weighted by atomic mass is 32.2. The number of aromatic nitrogens is 1. The third-order valence-electron chi connectivity index (χ3n) is 5.94. The van der Waals surface area contributed by atoms with Crippen molar-refractivity contribution in [2.24, 2.45) is 0 Å². The summed E-state index contributed by atoms with van der Waals surface area (Å²) in [4.78, 5) is 29.6. The molecule has 3 rings (SSSR count). The molecule has 12 nitrogen and oxygen atoms in total. The molecule has 3 aromatic rings. The van der Waals surface area contributed by atoms with Crippen molar-refractivity contribution in [1.29, 1.82) is 5.26 Å². The summed E-state index contributed by atoms with van der Waals surface area (Å²) in [6.07, 6.45) is -1.60. The van der Waals surface area contributed by atoms with Gasteiger partial charge in [-0.3, -0.25) is 9.59 Å². The Morgan fingerprint density at radius 2 is 1.56 bits per heavy atom. The highest BCUT2D eigenvalue weighted by molar-refractivity contribution is 7.92. The van der Waals surface area contributed by atoms with E-state index in [1.54, 1.807) is 60.7 Å². The van der Waals surface area contributed by atoms with Gasteiger partial charge in [0.2, 0.25) is 10.0 Å². The number of benzene rings is 2. The van der Waals surface area contributed by atoms with Gasteiger partial charge in [-0.05, 0) is 24.1 Å². The molecule has 206 valence electrons. The Hall–Kier alpha value is -4.25. The molecule has 4 atom stereocenters. The molecule has 0 radical (unpaired) electrons. The van der Waals surface area contributed by atoms with E-state index in [4.69, 9.17) is 4.42 Å². The SMILES string of the molecule is CN(c1nc(C(=O)NC(Cc2ccccc2)C(O)C(O)C(CC#N)NC(=O)c2ccccc2)co1)S(C)(=O)=O. The number of aliphatic hydroxyl groups excluding tert-OH is 2. The maximum atomic E-state index is 13.0. The highest BCUT2D eigenvalue weighted by Gasteiger charge is 2.35. The minimum absolute atomic E-state index is 0.0741. The Labute approximate surface area is 225 Å². The smallest absolute Gasteiger partial charge is 0.311 e. The number of nitrogens with zero attached hydrogens (tertiary/aromatic N) is 3. The molecule has 2 aromatic carbocycles. The lowest BCUT2D eigenvalue weighted by Crippen LogP contribution is -2.56. The predicted octanol–water partition coefficient (Wildman–Crippen LogP) is 0.846. The van der Waals surface area contributed by atoms with Crippen LogP contribution in [0.5, 0.6) is 0 Å². The molecule has 0 bridgehead atoms. The van der Waals surface area contributed by atoms with Crippen molar-refractivity contribution in [3.05, 3.63) is 83.7 Å². The number of anilines is 1. The number of sulfonamides is 1. The molecule has 39 heavy (non-hydrogen) atoms. The summed E-state index contributed by atoms with van der Waals surface area (Å²) in [7, 11) is -2.48. The van der Waals surface area contributed by atoms with Crippen molar-refractivity contribution in [2.45, 2.75) is 37.1 Å². The summed E-state index contributed by atoms with van der Waals surface area (Å²) < 4.78 is 29.4. The summed E-state index contributed by atoms with van der Waals surface area (Å²) in [6, 6.07) is 16.3. The first-order valence-corrected chi connectivity index (χ1v) is 13.7. The molecule has 0 saturated carbocycles. The van der Waals surface area contributed by atoms with Crippen molar-refractivity contribution < 1.29 is 32.6 Å². The molecule has 13 heteroatoms. The molecule has 4 unspecified atom stereocenters. The topological polar surface area (TPSA) is 186 Å². The van der Waals surface area contributed by atoms with E-state index < -0.39 is 46.1 Å². The summed E-state index contributed by atoms with van der Waals surface area (Å²) in [5.41, 5.74) is 0.764. The van der Waals surface area contributed by atoms with Gasteiger partial charge in [-0.1, -0.05) is 48.5 Å². The van der Waals surface area contributed by atoms with Crippen LogP contribution in [0, 0.1) is 11.3 Å². The van der Waals surface area contributed by atoms with Crippen LogP contribution >= 0.6 is 0 Å². The Morgan fingerprint density at radius 3 is 2.15 bits per heavy atom. The second-order valence-corrected chi connectivity index (χ2v) is 10.8. The van der Waals surface area contributed by atoms with Crippen molar-refractivity contribution in [2.75, 3.05) is 17.6 Å². The number of nitriles is 1. The number of amides is 2. The van der Waals surface area contributed by atoms with Crippen LogP contribution < -0.4 is 14.9 Å². The van der Waals surface area contributed by atoms with Crippen LogP contribution in [-0.2, 0) is 16.4 Å². The van der Waals surface area contributed by atoms with Gasteiger partial charge in [0.25, 0.3) is 11.8 Å². The summed E-state index contributed by atoms with van der Waals surface area (Å²) in [5, 5.41) is 36.7. The number of carbonyl (C=O) groups is 2. The normalized spacial score (nSPS) is 14.3. The summed E-state index contributed by atoms with van der Waals surface area (Å²) in [5.74, 6) is -1.35. The second kappa shape index (κ2) is 13.0. The Bertz CT molecular complexity index is 1410. The van der Waals surface area contributed by atoms with Gasteiger partial charge in [0.05, 0.1) is 30.8 Å². The van der Waals surface area contributed by atoms with Crippen LogP contribution in [0.4, 0.5) is 6.01 Å². The van der Waals surface area contributed by atoms with E-state index in [9.17, 15) is 33.5 Å². The van der Waals surface area contributed by atoms with E-state index in [-0.39, 0.29) is 24.6 Å². The minimum Gasteiger partial charge on any atom is -0.430 e. The average molecular weight is 556 g/mol. The van der Waals surface area contributed by atoms with Crippen LogP contribution in [-0.4, -0.2) is 73.0 Å². The fraction of sp³-hybridized carbons (Fsp3) is 0.308. The van der Waals surface area contributed by atoms with Crippen LogP contribution in [0.2, 0.25) is 0 Å². The maximum absolute atomic E-state index is 13.0. The average Bonchev–Trinajstić information content (AvgIpc) is 3.42. The first-order valence-electron chi connectivity index (χ1n) is 11.8. The van der Waals surface area contributed by atoms with Crippen molar-refractivity contribution in [3.63, 3.8) is 0 Å². The largest absolute Gasteiger partial charge is 0.430 e. The zero-order valence-electron chi connectivity index (χ0n) is 21.3. The first-order chi connectivity index (χ1) is 18.5. The van der Waals surface area contributed by atoms with Gasteiger partial charge in [0, 0.05) is 12.6 Å². The highest BCUT2D eigenvalue weighted by Crippen LogP contribution is 2.17. The number of hydrogen-bond donors (Lipinski definition) is 4. The van der Waals surface area contributed by atoms with Gasteiger partial charge >= 0.3 is 6.01 Å². The van der Waals surface area contributed by atoms with E-state index in [1.165, 1.54) is 7.05 Å². The van der Waals surface area contributed by atoms with Gasteiger partial charge in [0.1, 0.15) is 18.5 Å². The van der Waals surface area contributed by atoms with Crippen LogP contribution in [0.25, 0.3) is 0 Å². The Balaban J connectivity index is 1.83. The van der Waals surface area contributed by atoms with Crippen LogP contribution in [0.3, 0.4) is 0 Å². The summed E-state index contributed by atoms with van der Waals surface area (Å²) >= 11 is 0. The molecule has 0 saturated heterocycles. The van der Waals surface area contributed by atoms with Gasteiger partial charge in [-0.2, -0.15) is 10.2 Å². The van der Waals surface area contributed by atoms with Gasteiger partial charge in [-0.15, -0.1) is 0 Å². The predicted molar refractivity (Wildman–Crippen MR) is 141 cm³/mol. The van der Waals surface area contributed by atoms with Crippen molar-refractivity contribution >= 4 is 27.9 Å². The lowest BCUT2D eigenvalue weighted by molar-refractivity contribution is -0.0212. The Morgan fingerprint density at radius 1 is 1.00 bits per heavy atom. The van der Waals surface area contributed by atoms with Crippen LogP contribution in [0.15, 0.2) is 71.3 Å². The van der Waals surface area contributed by atoms with Gasteiger partial charge < -0.3 is 25.3 Å². The van der Waals surface area contributed by atoms with E-state index in [2.05, 4.69) is 15.6 Å². The van der Waals surface area contributed by atoms with Crippen LogP contribution in [0.1, 0.15) is 32.8 Å². The monoisotopic (exact) mass is 555 g/mol. The third kappa shape index (κ3) is 7.87. The lowest BCUT2D eigenvalue weighted by atomic mass is 9.92. The molecule has 4 N–H and O–H groups in total. The molecule has 0 spiro atoms. The second-order valence-electron chi connectivity index (χ2n) is 8.80. The standard InChI is InChI=1S/C26H29N5O7S/c1-31(39(2,36)37)26-30-21(16-38-26)25(35)29-20(15-17-9-5-3-6-10-17)23(33)22(32)19(13-14-27)28-24(34)18-11-7-4-8-12-18/h3-12,16,19-20,22-23,32-33H,13,15H2,1-2H3,(H,28,34)(H,29,35). The number of nitrogens with one attached hydrogen (secondary N) is 2. The number of carbonyl (C=O) groups excluding carboxylic acids is 2. The van der Waals surface area contributed by atoms with E-state index in [0.717, 1.165) is 22.4 Å². The molecule has 0 aliphatic rings. The number of rotatable bonds is 12. The van der Waals surface area contributed by atoms with Crippen molar-refractivity contribution in [3.8, 4) is 6.07 Å². The van der Waals surface area contributed by atoms with Gasteiger partial charge in [0.15, 0.2) is 5.69 Å². The molecular formula is C26H29N5O7S.